The van der Waals surface area contributed by atoms with Crippen LogP contribution in [0.1, 0.15) is 12.8 Å². The van der Waals surface area contributed by atoms with E-state index < -0.39 is 11.6 Å². The summed E-state index contributed by atoms with van der Waals surface area (Å²) in [7, 11) is 1.79. The lowest BCUT2D eigenvalue weighted by molar-refractivity contribution is -0.116. The maximum absolute atomic E-state index is 12.8. The highest BCUT2D eigenvalue weighted by Gasteiger charge is 2.04. The zero-order valence-electron chi connectivity index (χ0n) is 9.02. The molecule has 0 aliphatic heterocycles. The van der Waals surface area contributed by atoms with E-state index in [1.165, 1.54) is 0 Å². The molecule has 0 spiro atoms. The monoisotopic (exact) mass is 228 g/mol. The molecule has 2 N–H and O–H groups in total. The van der Waals surface area contributed by atoms with Crippen LogP contribution >= 0.6 is 0 Å². The number of amides is 1. The van der Waals surface area contributed by atoms with Crippen molar-refractivity contribution in [2.75, 3.05) is 18.9 Å². The van der Waals surface area contributed by atoms with Crippen molar-refractivity contribution in [2.24, 2.45) is 0 Å². The molecule has 0 heterocycles. The predicted molar refractivity (Wildman–Crippen MR) is 58.1 cm³/mol. The molecule has 0 aliphatic rings. The van der Waals surface area contributed by atoms with Crippen LogP contribution in [0.2, 0.25) is 0 Å². The SMILES string of the molecule is CNCCCC(=O)Nc1cc(F)cc(F)c1. The van der Waals surface area contributed by atoms with Gasteiger partial charge in [0.25, 0.3) is 0 Å². The van der Waals surface area contributed by atoms with Crippen molar-refractivity contribution in [1.29, 1.82) is 0 Å². The molecule has 0 atom stereocenters. The molecule has 16 heavy (non-hydrogen) atoms. The lowest BCUT2D eigenvalue weighted by atomic mass is 10.2. The standard InChI is InChI=1S/C11H14F2N2O/c1-14-4-2-3-11(16)15-10-6-8(12)5-9(13)7-10/h5-7,14H,2-4H2,1H3,(H,15,16). The summed E-state index contributed by atoms with van der Waals surface area (Å²) < 4.78 is 25.6. The van der Waals surface area contributed by atoms with Gasteiger partial charge in [-0.3, -0.25) is 4.79 Å². The molecule has 1 aromatic carbocycles. The molecule has 0 radical (unpaired) electrons. The van der Waals surface area contributed by atoms with E-state index in [2.05, 4.69) is 10.6 Å². The molecule has 0 bridgehead atoms. The summed E-state index contributed by atoms with van der Waals surface area (Å²) in [5, 5.41) is 5.34. The second-order valence-electron chi connectivity index (χ2n) is 3.41. The van der Waals surface area contributed by atoms with Gasteiger partial charge in [0.1, 0.15) is 11.6 Å². The van der Waals surface area contributed by atoms with E-state index in [9.17, 15) is 13.6 Å². The third-order valence-corrected chi connectivity index (χ3v) is 1.98. The molecule has 0 unspecified atom stereocenters. The number of carbonyl (C=O) groups excluding carboxylic acids is 1. The van der Waals surface area contributed by atoms with Crippen LogP contribution in [0.4, 0.5) is 14.5 Å². The maximum atomic E-state index is 12.8. The second kappa shape index (κ2) is 6.17. The summed E-state index contributed by atoms with van der Waals surface area (Å²) in [6.07, 6.45) is 0.999. The van der Waals surface area contributed by atoms with Crippen molar-refractivity contribution < 1.29 is 13.6 Å². The van der Waals surface area contributed by atoms with Crippen LogP contribution in [-0.2, 0) is 4.79 Å². The van der Waals surface area contributed by atoms with Crippen LogP contribution in [-0.4, -0.2) is 19.5 Å². The van der Waals surface area contributed by atoms with E-state index in [-0.39, 0.29) is 11.6 Å². The van der Waals surface area contributed by atoms with Gasteiger partial charge < -0.3 is 10.6 Å². The first-order chi connectivity index (χ1) is 7.61. The van der Waals surface area contributed by atoms with Crippen molar-refractivity contribution in [3.05, 3.63) is 29.8 Å². The Morgan fingerprint density at radius 3 is 2.44 bits per heavy atom. The molecule has 5 heteroatoms. The van der Waals surface area contributed by atoms with E-state index in [4.69, 9.17) is 0 Å². The normalized spacial score (nSPS) is 10.2. The first kappa shape index (κ1) is 12.6. The molecule has 1 aromatic rings. The Labute approximate surface area is 92.8 Å². The Bertz CT molecular complexity index is 349. The Hall–Kier alpha value is -1.49. The van der Waals surface area contributed by atoms with Crippen molar-refractivity contribution in [3.8, 4) is 0 Å². The number of halogens is 2. The minimum atomic E-state index is -0.703. The fraction of sp³-hybridized carbons (Fsp3) is 0.364. The summed E-state index contributed by atoms with van der Waals surface area (Å²) in [4.78, 5) is 11.3. The average molecular weight is 228 g/mol. The highest BCUT2D eigenvalue weighted by atomic mass is 19.1. The highest BCUT2D eigenvalue weighted by Crippen LogP contribution is 2.13. The molecule has 0 saturated carbocycles. The Kier molecular flexibility index (Phi) is 4.85. The number of carbonyl (C=O) groups is 1. The van der Waals surface area contributed by atoms with Gasteiger partial charge in [0.15, 0.2) is 0 Å². The predicted octanol–water partition coefficient (Wildman–Crippen LogP) is 1.90. The van der Waals surface area contributed by atoms with E-state index in [1.54, 1.807) is 7.05 Å². The lowest BCUT2D eigenvalue weighted by Crippen LogP contribution is -2.15. The third kappa shape index (κ3) is 4.35. The Morgan fingerprint density at radius 1 is 1.25 bits per heavy atom. The summed E-state index contributed by atoms with van der Waals surface area (Å²) >= 11 is 0. The molecule has 0 aromatic heterocycles. The van der Waals surface area contributed by atoms with E-state index in [1.807, 2.05) is 0 Å². The third-order valence-electron chi connectivity index (χ3n) is 1.98. The summed E-state index contributed by atoms with van der Waals surface area (Å²) in [6.45, 7) is 0.727. The summed E-state index contributed by atoms with van der Waals surface area (Å²) in [5.74, 6) is -1.66. The molecule has 3 nitrogen and oxygen atoms in total. The molecule has 0 saturated heterocycles. The van der Waals surface area contributed by atoms with Crippen molar-refractivity contribution >= 4 is 11.6 Å². The maximum Gasteiger partial charge on any atom is 0.224 e. The van der Waals surface area contributed by atoms with Gasteiger partial charge in [-0.2, -0.15) is 0 Å². The van der Waals surface area contributed by atoms with E-state index >= 15 is 0 Å². The highest BCUT2D eigenvalue weighted by molar-refractivity contribution is 5.90. The first-order valence-electron chi connectivity index (χ1n) is 5.02. The van der Waals surface area contributed by atoms with Crippen molar-refractivity contribution in [3.63, 3.8) is 0 Å². The first-order valence-corrected chi connectivity index (χ1v) is 5.02. The fourth-order valence-electron chi connectivity index (χ4n) is 1.28. The Morgan fingerprint density at radius 2 is 1.88 bits per heavy atom. The van der Waals surface area contributed by atoms with E-state index in [0.29, 0.717) is 12.8 Å². The van der Waals surface area contributed by atoms with Crippen molar-refractivity contribution in [1.82, 2.24) is 5.32 Å². The molecule has 0 aliphatic carbocycles. The van der Waals surface area contributed by atoms with Gasteiger partial charge in [0, 0.05) is 18.2 Å². The van der Waals surface area contributed by atoms with Gasteiger partial charge in [0.2, 0.25) is 5.91 Å². The fourth-order valence-corrected chi connectivity index (χ4v) is 1.28. The van der Waals surface area contributed by atoms with Gasteiger partial charge in [-0.1, -0.05) is 0 Å². The topological polar surface area (TPSA) is 41.1 Å². The zero-order chi connectivity index (χ0) is 12.0. The number of hydrogen-bond acceptors (Lipinski definition) is 2. The van der Waals surface area contributed by atoms with Crippen LogP contribution in [0.25, 0.3) is 0 Å². The van der Waals surface area contributed by atoms with Crippen LogP contribution < -0.4 is 10.6 Å². The zero-order valence-corrected chi connectivity index (χ0v) is 9.02. The van der Waals surface area contributed by atoms with Gasteiger partial charge >= 0.3 is 0 Å². The number of nitrogens with one attached hydrogen (secondary N) is 2. The number of rotatable bonds is 5. The van der Waals surface area contributed by atoms with Gasteiger partial charge in [-0.05, 0) is 32.1 Å². The summed E-state index contributed by atoms with van der Waals surface area (Å²) in [5.41, 5.74) is 0.145. The molecule has 0 fully saturated rings. The minimum absolute atomic E-state index is 0.145. The van der Waals surface area contributed by atoms with Crippen LogP contribution in [0, 0.1) is 11.6 Å². The van der Waals surface area contributed by atoms with Crippen molar-refractivity contribution in [2.45, 2.75) is 12.8 Å². The number of hydrogen-bond donors (Lipinski definition) is 2. The Balaban J connectivity index is 2.49. The van der Waals surface area contributed by atoms with Crippen LogP contribution in [0.3, 0.4) is 0 Å². The van der Waals surface area contributed by atoms with Gasteiger partial charge in [0.05, 0.1) is 0 Å². The summed E-state index contributed by atoms with van der Waals surface area (Å²) in [6, 6.07) is 2.93. The molecule has 88 valence electrons. The molecular weight excluding hydrogens is 214 g/mol. The minimum Gasteiger partial charge on any atom is -0.326 e. The largest absolute Gasteiger partial charge is 0.326 e. The number of anilines is 1. The molecule has 1 amide bonds. The molecular formula is C11H14F2N2O. The van der Waals surface area contributed by atoms with Crippen LogP contribution in [0.5, 0.6) is 0 Å². The van der Waals surface area contributed by atoms with Crippen LogP contribution in [0.15, 0.2) is 18.2 Å². The smallest absolute Gasteiger partial charge is 0.224 e. The quantitative estimate of drug-likeness (QED) is 0.756. The van der Waals surface area contributed by atoms with Gasteiger partial charge in [-0.15, -0.1) is 0 Å². The van der Waals surface area contributed by atoms with Gasteiger partial charge in [-0.25, -0.2) is 8.78 Å². The molecule has 1 rings (SSSR count). The van der Waals surface area contributed by atoms with E-state index in [0.717, 1.165) is 24.7 Å². The number of benzene rings is 1. The second-order valence-corrected chi connectivity index (χ2v) is 3.41. The average Bonchev–Trinajstić information content (AvgIpc) is 2.16. The lowest BCUT2D eigenvalue weighted by Gasteiger charge is -2.05.